The molecule has 0 spiro atoms. The van der Waals surface area contributed by atoms with E-state index < -0.39 is 0 Å². The molecular weight excluding hydrogens is 482 g/mol. The first-order valence-electron chi connectivity index (χ1n) is 9.46. The van der Waals surface area contributed by atoms with Gasteiger partial charge in [0.15, 0.2) is 17.3 Å². The first-order chi connectivity index (χ1) is 15.0. The van der Waals surface area contributed by atoms with E-state index in [1.54, 1.807) is 31.2 Å². The van der Waals surface area contributed by atoms with Crippen molar-refractivity contribution in [2.45, 2.75) is 6.92 Å². The molecule has 6 nitrogen and oxygen atoms in total. The molecule has 0 saturated heterocycles. The Morgan fingerprint density at radius 3 is 2.65 bits per heavy atom. The Kier molecular flexibility index (Phi) is 6.06. The van der Waals surface area contributed by atoms with E-state index in [-0.39, 0.29) is 22.1 Å². The normalized spacial score (nSPS) is 11.3. The molecule has 3 aromatic carbocycles. The maximum atomic E-state index is 13.2. The molecule has 156 valence electrons. The van der Waals surface area contributed by atoms with Gasteiger partial charge < -0.3 is 9.84 Å². The topological polar surface area (TPSA) is 76.7 Å². The van der Waals surface area contributed by atoms with Gasteiger partial charge in [-0.2, -0.15) is 9.78 Å². The second-order valence-electron chi connectivity index (χ2n) is 6.55. The second kappa shape index (κ2) is 8.91. The molecule has 8 heteroatoms. The maximum Gasteiger partial charge on any atom is 0.282 e. The molecule has 1 heterocycles. The zero-order chi connectivity index (χ0) is 22.0. The Bertz CT molecular complexity index is 1350. The van der Waals surface area contributed by atoms with E-state index in [0.717, 1.165) is 5.56 Å². The summed E-state index contributed by atoms with van der Waals surface area (Å²) in [5, 5.41) is 15.2. The maximum absolute atomic E-state index is 13.2. The van der Waals surface area contributed by atoms with Crippen molar-refractivity contribution in [1.29, 1.82) is 0 Å². The first-order valence-corrected chi connectivity index (χ1v) is 10.6. The van der Waals surface area contributed by atoms with Gasteiger partial charge in [0.2, 0.25) is 0 Å². The molecule has 0 aliphatic heterocycles. The van der Waals surface area contributed by atoms with Crippen molar-refractivity contribution in [3.8, 4) is 22.9 Å². The number of aromatic hydroxyl groups is 1. The lowest BCUT2D eigenvalue weighted by atomic mass is 10.2. The summed E-state index contributed by atoms with van der Waals surface area (Å²) in [5.74, 6) is 0.470. The molecule has 0 amide bonds. The third-order valence-electron chi connectivity index (χ3n) is 4.57. The minimum Gasteiger partial charge on any atom is -0.503 e. The average molecular weight is 499 g/mol. The summed E-state index contributed by atoms with van der Waals surface area (Å²) in [6.45, 7) is 2.16. The van der Waals surface area contributed by atoms with E-state index in [1.807, 2.05) is 36.4 Å². The summed E-state index contributed by atoms with van der Waals surface area (Å²) >= 11 is 9.59. The molecule has 4 aromatic rings. The minimum absolute atomic E-state index is 0.0969. The number of rotatable bonds is 5. The third-order valence-corrected chi connectivity index (χ3v) is 6.02. The quantitative estimate of drug-likeness (QED) is 0.370. The number of aromatic nitrogens is 2. The largest absolute Gasteiger partial charge is 0.503 e. The molecule has 0 radical (unpaired) electrons. The fourth-order valence-electron chi connectivity index (χ4n) is 3.10. The summed E-state index contributed by atoms with van der Waals surface area (Å²) in [4.78, 5) is 17.9. The molecule has 0 saturated carbocycles. The van der Waals surface area contributed by atoms with Crippen molar-refractivity contribution in [3.63, 3.8) is 0 Å². The number of nitrogens with zero attached hydrogens (tertiary/aromatic N) is 3. The molecule has 0 bridgehead atoms. The number of hydrogen-bond acceptors (Lipinski definition) is 5. The molecule has 1 aromatic heterocycles. The smallest absolute Gasteiger partial charge is 0.282 e. The van der Waals surface area contributed by atoms with Crippen LogP contribution in [0, 0.1) is 0 Å². The van der Waals surface area contributed by atoms with Gasteiger partial charge in [-0.25, -0.2) is 4.98 Å². The monoisotopic (exact) mass is 497 g/mol. The molecule has 1 N–H and O–H groups in total. The number of ether oxygens (including phenoxy) is 1. The van der Waals surface area contributed by atoms with Crippen molar-refractivity contribution >= 4 is 44.6 Å². The van der Waals surface area contributed by atoms with Gasteiger partial charge in [-0.05, 0) is 41.1 Å². The number of para-hydroxylation sites is 1. The summed E-state index contributed by atoms with van der Waals surface area (Å²) in [6.07, 6.45) is 1.47. The number of phenols is 1. The summed E-state index contributed by atoms with van der Waals surface area (Å²) in [5.41, 5.74) is 1.57. The standard InChI is InChI=1S/C23H17BrClN3O3/c1-2-31-18-12-15(19(24)20(25)21(18)29)13-26-28-22(14-8-4-3-5-9-14)27-17-11-7-6-10-16(17)23(28)30/h3-13,29H,2H2,1H3. The molecule has 4 rings (SSSR count). The van der Waals surface area contributed by atoms with Gasteiger partial charge in [-0.3, -0.25) is 4.79 Å². The molecule has 0 aliphatic rings. The first kappa shape index (κ1) is 21.1. The van der Waals surface area contributed by atoms with E-state index in [4.69, 9.17) is 16.3 Å². The van der Waals surface area contributed by atoms with Gasteiger partial charge in [0.25, 0.3) is 5.56 Å². The highest BCUT2D eigenvalue weighted by Gasteiger charge is 2.16. The van der Waals surface area contributed by atoms with Gasteiger partial charge in [0, 0.05) is 15.6 Å². The van der Waals surface area contributed by atoms with Gasteiger partial charge in [-0.1, -0.05) is 54.1 Å². The van der Waals surface area contributed by atoms with Crippen LogP contribution in [0.1, 0.15) is 12.5 Å². The minimum atomic E-state index is -0.299. The van der Waals surface area contributed by atoms with Crippen molar-refractivity contribution in [1.82, 2.24) is 9.66 Å². The number of phenolic OH excluding ortho intramolecular Hbond substituents is 1. The van der Waals surface area contributed by atoms with Crippen molar-refractivity contribution in [2.75, 3.05) is 6.61 Å². The molecule has 31 heavy (non-hydrogen) atoms. The summed E-state index contributed by atoms with van der Waals surface area (Å²) < 4.78 is 7.13. The van der Waals surface area contributed by atoms with Crippen molar-refractivity contribution in [3.05, 3.63) is 86.1 Å². The summed E-state index contributed by atoms with van der Waals surface area (Å²) in [6, 6.07) is 18.1. The predicted molar refractivity (Wildman–Crippen MR) is 126 cm³/mol. The number of halogens is 2. The highest BCUT2D eigenvalue weighted by atomic mass is 79.9. The lowest BCUT2D eigenvalue weighted by molar-refractivity contribution is 0.318. The van der Waals surface area contributed by atoms with Gasteiger partial charge >= 0.3 is 0 Å². The van der Waals surface area contributed by atoms with Crippen molar-refractivity contribution in [2.24, 2.45) is 5.10 Å². The van der Waals surface area contributed by atoms with Gasteiger partial charge in [0.1, 0.15) is 5.02 Å². The van der Waals surface area contributed by atoms with Crippen LogP contribution in [0.3, 0.4) is 0 Å². The van der Waals surface area contributed by atoms with Crippen LogP contribution in [-0.2, 0) is 0 Å². The lowest BCUT2D eigenvalue weighted by Gasteiger charge is -2.12. The van der Waals surface area contributed by atoms with Crippen LogP contribution >= 0.6 is 27.5 Å². The van der Waals surface area contributed by atoms with E-state index in [0.29, 0.717) is 33.4 Å². The molecule has 0 fully saturated rings. The number of hydrogen-bond donors (Lipinski definition) is 1. The highest BCUT2D eigenvalue weighted by Crippen LogP contribution is 2.41. The zero-order valence-corrected chi connectivity index (χ0v) is 18.8. The molecule has 0 unspecified atom stereocenters. The van der Waals surface area contributed by atoms with Crippen LogP contribution in [-0.4, -0.2) is 27.6 Å². The predicted octanol–water partition coefficient (Wildman–Crippen LogP) is 5.47. The number of fused-ring (bicyclic) bond motifs is 1. The Morgan fingerprint density at radius 2 is 1.90 bits per heavy atom. The van der Waals surface area contributed by atoms with E-state index in [9.17, 15) is 9.90 Å². The number of benzene rings is 3. The van der Waals surface area contributed by atoms with Crippen molar-refractivity contribution < 1.29 is 9.84 Å². The Labute approximate surface area is 191 Å². The molecular formula is C23H17BrClN3O3. The van der Waals surface area contributed by atoms with Gasteiger partial charge in [-0.15, -0.1) is 0 Å². The van der Waals surface area contributed by atoms with Crippen LogP contribution in [0.25, 0.3) is 22.3 Å². The lowest BCUT2D eigenvalue weighted by Crippen LogP contribution is -2.20. The van der Waals surface area contributed by atoms with E-state index in [2.05, 4.69) is 26.0 Å². The van der Waals surface area contributed by atoms with E-state index >= 15 is 0 Å². The van der Waals surface area contributed by atoms with Crippen LogP contribution in [0.4, 0.5) is 0 Å². The highest BCUT2D eigenvalue weighted by molar-refractivity contribution is 9.10. The fraction of sp³-hybridized carbons (Fsp3) is 0.0870. The molecule has 0 atom stereocenters. The zero-order valence-electron chi connectivity index (χ0n) is 16.4. The van der Waals surface area contributed by atoms with Crippen LogP contribution in [0.15, 0.2) is 75.0 Å². The second-order valence-corrected chi connectivity index (χ2v) is 7.72. The summed E-state index contributed by atoms with van der Waals surface area (Å²) in [7, 11) is 0. The third kappa shape index (κ3) is 4.06. The average Bonchev–Trinajstić information content (AvgIpc) is 2.80. The SMILES string of the molecule is CCOc1cc(C=Nn2c(-c3ccccc3)nc3ccccc3c2=O)c(Br)c(Cl)c1O. The Balaban J connectivity index is 1.92. The van der Waals surface area contributed by atoms with Gasteiger partial charge in [0.05, 0.1) is 23.7 Å². The molecule has 0 aliphatic carbocycles. The van der Waals surface area contributed by atoms with Crippen LogP contribution in [0.5, 0.6) is 11.5 Å². The Morgan fingerprint density at radius 1 is 1.19 bits per heavy atom. The fourth-order valence-corrected chi connectivity index (χ4v) is 3.70. The Hall–Kier alpha value is -3.16. The van der Waals surface area contributed by atoms with Crippen LogP contribution in [0.2, 0.25) is 5.02 Å². The van der Waals surface area contributed by atoms with E-state index in [1.165, 1.54) is 10.9 Å². The van der Waals surface area contributed by atoms with Crippen LogP contribution < -0.4 is 10.3 Å².